The summed E-state index contributed by atoms with van der Waals surface area (Å²) in [5.41, 5.74) is 3.25. The summed E-state index contributed by atoms with van der Waals surface area (Å²) in [4.78, 5) is 17.2. The molecule has 1 amide bonds. The smallest absolute Gasteiger partial charge is 0.228 e. The number of rotatable bonds is 7. The molecule has 0 aliphatic carbocycles. The third-order valence-corrected chi connectivity index (χ3v) is 6.93. The van der Waals surface area contributed by atoms with E-state index in [4.69, 9.17) is 9.47 Å². The minimum atomic E-state index is -0.142. The summed E-state index contributed by atoms with van der Waals surface area (Å²) in [5, 5.41) is 11.6. The number of ether oxygens (including phenoxy) is 2. The van der Waals surface area contributed by atoms with Gasteiger partial charge in [-0.3, -0.25) is 14.5 Å². The Morgan fingerprint density at radius 1 is 1.15 bits per heavy atom. The molecule has 8 heteroatoms. The average Bonchev–Trinajstić information content (AvgIpc) is 3.35. The Morgan fingerprint density at radius 3 is 2.74 bits per heavy atom. The SMILES string of the molecule is Cc1cc(CC(=O)Nc2cnn(C(C)(C)C)c2)ccc1Oc1ccnc2ccc(OC3CCNC(C)C3)cc12. The quantitative estimate of drug-likeness (QED) is 0.307. The lowest BCUT2D eigenvalue weighted by Crippen LogP contribution is -2.40. The first-order valence-electron chi connectivity index (χ1n) is 13.6. The van der Waals surface area contributed by atoms with Crippen LogP contribution in [0.15, 0.2) is 61.1 Å². The number of pyridine rings is 1. The maximum atomic E-state index is 12.7. The Bertz CT molecular complexity index is 1470. The number of carbonyl (C=O) groups is 1. The van der Waals surface area contributed by atoms with Crippen LogP contribution < -0.4 is 20.1 Å². The number of aromatic nitrogens is 3. The molecule has 2 unspecified atom stereocenters. The third-order valence-electron chi connectivity index (χ3n) is 6.93. The highest BCUT2D eigenvalue weighted by Crippen LogP contribution is 2.33. The molecule has 8 nitrogen and oxygen atoms in total. The number of hydrogen-bond donors (Lipinski definition) is 2. The molecule has 2 N–H and O–H groups in total. The zero-order valence-electron chi connectivity index (χ0n) is 23.3. The molecular formula is C31H37N5O3. The minimum Gasteiger partial charge on any atom is -0.490 e. The van der Waals surface area contributed by atoms with E-state index in [1.165, 1.54) is 0 Å². The highest BCUT2D eigenvalue weighted by molar-refractivity contribution is 5.92. The number of fused-ring (bicyclic) bond motifs is 1. The first-order valence-corrected chi connectivity index (χ1v) is 13.6. The van der Waals surface area contributed by atoms with Gasteiger partial charge in [-0.05, 0) is 95.5 Å². The maximum Gasteiger partial charge on any atom is 0.228 e. The molecule has 0 saturated carbocycles. The molecule has 1 saturated heterocycles. The molecule has 1 aliphatic rings. The second-order valence-electron chi connectivity index (χ2n) is 11.4. The molecule has 1 aliphatic heterocycles. The fourth-order valence-electron chi connectivity index (χ4n) is 4.85. The van der Waals surface area contributed by atoms with Gasteiger partial charge in [-0.1, -0.05) is 12.1 Å². The maximum absolute atomic E-state index is 12.7. The number of piperidine rings is 1. The van der Waals surface area contributed by atoms with Crippen LogP contribution in [-0.2, 0) is 16.8 Å². The summed E-state index contributed by atoms with van der Waals surface area (Å²) in [6.07, 6.45) is 7.71. The van der Waals surface area contributed by atoms with E-state index in [1.807, 2.05) is 60.3 Å². The molecule has 5 rings (SSSR count). The van der Waals surface area contributed by atoms with E-state index in [9.17, 15) is 4.79 Å². The van der Waals surface area contributed by atoms with E-state index in [1.54, 1.807) is 12.4 Å². The molecule has 3 heterocycles. The van der Waals surface area contributed by atoms with E-state index in [0.29, 0.717) is 17.5 Å². The van der Waals surface area contributed by atoms with Crippen molar-refractivity contribution >= 4 is 22.5 Å². The molecule has 4 aromatic rings. The number of benzene rings is 2. The standard InChI is InChI=1S/C31H37N5O3/c1-20-14-22(16-30(37)35-23-18-34-36(19-23)31(3,4)5)6-9-28(20)39-29-11-13-33-27-8-7-24(17-26(27)29)38-25-10-12-32-21(2)15-25/h6-9,11,13-14,17-19,21,25,32H,10,12,15-16H2,1-5H3,(H,35,37). The lowest BCUT2D eigenvalue weighted by atomic mass is 10.0. The molecule has 0 spiro atoms. The van der Waals surface area contributed by atoms with Crippen molar-refractivity contribution in [3.63, 3.8) is 0 Å². The van der Waals surface area contributed by atoms with Gasteiger partial charge in [-0.15, -0.1) is 0 Å². The fraction of sp³-hybridized carbons (Fsp3) is 0.387. The van der Waals surface area contributed by atoms with Crippen LogP contribution in [0.25, 0.3) is 10.9 Å². The van der Waals surface area contributed by atoms with Gasteiger partial charge in [0.25, 0.3) is 0 Å². The monoisotopic (exact) mass is 527 g/mol. The summed E-state index contributed by atoms with van der Waals surface area (Å²) >= 11 is 0. The van der Waals surface area contributed by atoms with Crippen molar-refractivity contribution in [2.45, 2.75) is 71.6 Å². The Labute approximate surface area is 229 Å². The Hall–Kier alpha value is -3.91. The number of carbonyl (C=O) groups excluding carboxylic acids is 1. The van der Waals surface area contributed by atoms with E-state index >= 15 is 0 Å². The molecule has 1 fully saturated rings. The number of amides is 1. The summed E-state index contributed by atoms with van der Waals surface area (Å²) < 4.78 is 14.5. The van der Waals surface area contributed by atoms with Crippen molar-refractivity contribution in [3.8, 4) is 17.2 Å². The molecule has 0 radical (unpaired) electrons. The van der Waals surface area contributed by atoms with Crippen molar-refractivity contribution in [2.24, 2.45) is 0 Å². The van der Waals surface area contributed by atoms with Crippen LogP contribution in [-0.4, -0.2) is 39.4 Å². The topological polar surface area (TPSA) is 90.3 Å². The number of hydrogen-bond acceptors (Lipinski definition) is 6. The summed E-state index contributed by atoms with van der Waals surface area (Å²) in [6, 6.07) is 14.1. The summed E-state index contributed by atoms with van der Waals surface area (Å²) in [5.74, 6) is 2.18. The zero-order chi connectivity index (χ0) is 27.6. The molecule has 2 atom stereocenters. The van der Waals surface area contributed by atoms with Crippen LogP contribution in [0.2, 0.25) is 0 Å². The number of aryl methyl sites for hydroxylation is 1. The van der Waals surface area contributed by atoms with Crippen LogP contribution in [0.4, 0.5) is 5.69 Å². The van der Waals surface area contributed by atoms with Crippen molar-refractivity contribution in [2.75, 3.05) is 11.9 Å². The van der Waals surface area contributed by atoms with Gasteiger partial charge in [-0.2, -0.15) is 5.10 Å². The lowest BCUT2D eigenvalue weighted by Gasteiger charge is -2.28. The fourth-order valence-corrected chi connectivity index (χ4v) is 4.85. The first kappa shape index (κ1) is 26.7. The molecule has 2 aromatic heterocycles. The highest BCUT2D eigenvalue weighted by Gasteiger charge is 2.20. The highest BCUT2D eigenvalue weighted by atomic mass is 16.5. The van der Waals surface area contributed by atoms with E-state index < -0.39 is 0 Å². The zero-order valence-corrected chi connectivity index (χ0v) is 23.3. The van der Waals surface area contributed by atoms with Gasteiger partial charge in [0, 0.05) is 23.8 Å². The minimum absolute atomic E-state index is 0.0904. The number of nitrogens with one attached hydrogen (secondary N) is 2. The van der Waals surface area contributed by atoms with Gasteiger partial charge >= 0.3 is 0 Å². The van der Waals surface area contributed by atoms with Gasteiger partial charge < -0.3 is 20.1 Å². The molecule has 2 aromatic carbocycles. The van der Waals surface area contributed by atoms with Crippen LogP contribution in [0, 0.1) is 6.92 Å². The van der Waals surface area contributed by atoms with Crippen molar-refractivity contribution in [1.29, 1.82) is 0 Å². The van der Waals surface area contributed by atoms with Gasteiger partial charge in [-0.25, -0.2) is 0 Å². The van der Waals surface area contributed by atoms with E-state index in [-0.39, 0.29) is 24.0 Å². The molecular weight excluding hydrogens is 490 g/mol. The average molecular weight is 528 g/mol. The Kier molecular flexibility index (Phi) is 7.57. The van der Waals surface area contributed by atoms with Crippen LogP contribution in [0.5, 0.6) is 17.2 Å². The summed E-state index contributed by atoms with van der Waals surface area (Å²) in [7, 11) is 0. The van der Waals surface area contributed by atoms with Crippen LogP contribution in [0.1, 0.15) is 51.7 Å². The third kappa shape index (κ3) is 6.57. The predicted octanol–water partition coefficient (Wildman–Crippen LogP) is 5.99. The van der Waals surface area contributed by atoms with E-state index in [0.717, 1.165) is 52.9 Å². The van der Waals surface area contributed by atoms with Crippen LogP contribution in [0.3, 0.4) is 0 Å². The predicted molar refractivity (Wildman–Crippen MR) is 154 cm³/mol. The normalized spacial score (nSPS) is 17.7. The summed E-state index contributed by atoms with van der Waals surface area (Å²) in [6.45, 7) is 11.3. The Balaban J connectivity index is 1.27. The van der Waals surface area contributed by atoms with Crippen molar-refractivity contribution < 1.29 is 14.3 Å². The molecule has 39 heavy (non-hydrogen) atoms. The second-order valence-corrected chi connectivity index (χ2v) is 11.4. The van der Waals surface area contributed by atoms with Gasteiger partial charge in [0.1, 0.15) is 23.4 Å². The molecule has 0 bridgehead atoms. The number of nitrogens with zero attached hydrogens (tertiary/aromatic N) is 3. The Morgan fingerprint density at radius 2 is 2.00 bits per heavy atom. The van der Waals surface area contributed by atoms with Gasteiger partial charge in [0.15, 0.2) is 0 Å². The van der Waals surface area contributed by atoms with Crippen molar-refractivity contribution in [3.05, 3.63) is 72.2 Å². The number of anilines is 1. The largest absolute Gasteiger partial charge is 0.490 e. The lowest BCUT2D eigenvalue weighted by molar-refractivity contribution is -0.115. The van der Waals surface area contributed by atoms with Gasteiger partial charge in [0.2, 0.25) is 5.91 Å². The first-order chi connectivity index (χ1) is 18.6. The van der Waals surface area contributed by atoms with E-state index in [2.05, 4.69) is 48.4 Å². The van der Waals surface area contributed by atoms with Gasteiger partial charge in [0.05, 0.1) is 29.4 Å². The second kappa shape index (κ2) is 11.1. The molecule has 204 valence electrons. The van der Waals surface area contributed by atoms with Crippen molar-refractivity contribution in [1.82, 2.24) is 20.1 Å². The van der Waals surface area contributed by atoms with Crippen LogP contribution >= 0.6 is 0 Å².